The Labute approximate surface area is 146 Å². The minimum atomic E-state index is -0.962. The lowest BCUT2D eigenvalue weighted by molar-refractivity contribution is 0.165. The molecule has 134 valence electrons. The number of phenolic OH excluding ortho intramolecular Hbond substituents is 1. The van der Waals surface area contributed by atoms with Crippen LogP contribution in [0.3, 0.4) is 0 Å². The lowest BCUT2D eigenvalue weighted by atomic mass is 10.00. The SMILES string of the molecule is Cc1noc(C)c1-c1cc(O)cc(CN2CCC(NC(=O)O)CC2)c1. The molecule has 7 nitrogen and oxygen atoms in total. The fraction of sp³-hybridized carbons (Fsp3) is 0.444. The molecule has 2 heterocycles. The zero-order valence-electron chi connectivity index (χ0n) is 14.5. The van der Waals surface area contributed by atoms with E-state index >= 15 is 0 Å². The molecule has 0 atom stereocenters. The second-order valence-electron chi connectivity index (χ2n) is 6.59. The van der Waals surface area contributed by atoms with Crippen LogP contribution >= 0.6 is 0 Å². The highest BCUT2D eigenvalue weighted by molar-refractivity contribution is 5.69. The van der Waals surface area contributed by atoms with Crippen LogP contribution in [-0.2, 0) is 6.54 Å². The van der Waals surface area contributed by atoms with Crippen LogP contribution in [0.1, 0.15) is 29.9 Å². The molecule has 3 rings (SSSR count). The van der Waals surface area contributed by atoms with Crippen LogP contribution in [0.4, 0.5) is 4.79 Å². The van der Waals surface area contributed by atoms with Crippen LogP contribution in [0.5, 0.6) is 5.75 Å². The number of nitrogens with zero attached hydrogens (tertiary/aromatic N) is 2. The highest BCUT2D eigenvalue weighted by Crippen LogP contribution is 2.31. The number of amides is 1. The number of phenols is 1. The summed E-state index contributed by atoms with van der Waals surface area (Å²) in [5.41, 5.74) is 3.63. The fourth-order valence-corrected chi connectivity index (χ4v) is 3.47. The molecule has 25 heavy (non-hydrogen) atoms. The first-order valence-electron chi connectivity index (χ1n) is 8.40. The van der Waals surface area contributed by atoms with Crippen LogP contribution in [0.25, 0.3) is 11.1 Å². The minimum Gasteiger partial charge on any atom is -0.508 e. The zero-order valence-corrected chi connectivity index (χ0v) is 14.5. The van der Waals surface area contributed by atoms with E-state index in [-0.39, 0.29) is 11.8 Å². The summed E-state index contributed by atoms with van der Waals surface area (Å²) < 4.78 is 5.23. The summed E-state index contributed by atoms with van der Waals surface area (Å²) in [7, 11) is 0. The highest BCUT2D eigenvalue weighted by atomic mass is 16.5. The molecule has 2 aromatic rings. The molecule has 1 saturated heterocycles. The number of carbonyl (C=O) groups is 1. The van der Waals surface area contributed by atoms with Crippen LogP contribution in [-0.4, -0.2) is 45.5 Å². The van der Waals surface area contributed by atoms with E-state index < -0.39 is 6.09 Å². The average molecular weight is 345 g/mol. The number of rotatable bonds is 4. The van der Waals surface area contributed by atoms with E-state index in [1.807, 2.05) is 19.9 Å². The molecule has 1 aromatic heterocycles. The molecule has 1 aliphatic rings. The Morgan fingerprint density at radius 3 is 2.64 bits per heavy atom. The molecule has 0 bridgehead atoms. The van der Waals surface area contributed by atoms with Crippen molar-refractivity contribution in [1.82, 2.24) is 15.4 Å². The van der Waals surface area contributed by atoms with Crippen molar-refractivity contribution in [3.05, 3.63) is 35.2 Å². The molecular weight excluding hydrogens is 322 g/mol. The number of piperidine rings is 1. The summed E-state index contributed by atoms with van der Waals surface area (Å²) in [5, 5.41) is 25.4. The number of aromatic hydroxyl groups is 1. The first kappa shape index (κ1) is 17.3. The summed E-state index contributed by atoms with van der Waals surface area (Å²) in [6, 6.07) is 5.56. The molecule has 3 N–H and O–H groups in total. The second-order valence-corrected chi connectivity index (χ2v) is 6.59. The van der Waals surface area contributed by atoms with Crippen molar-refractivity contribution in [2.75, 3.05) is 13.1 Å². The van der Waals surface area contributed by atoms with Gasteiger partial charge >= 0.3 is 6.09 Å². The third-order valence-electron chi connectivity index (χ3n) is 4.62. The summed E-state index contributed by atoms with van der Waals surface area (Å²) >= 11 is 0. The number of aromatic nitrogens is 1. The van der Waals surface area contributed by atoms with Crippen molar-refractivity contribution in [2.45, 2.75) is 39.3 Å². The van der Waals surface area contributed by atoms with Gasteiger partial charge < -0.3 is 20.1 Å². The van der Waals surface area contributed by atoms with Crippen molar-refractivity contribution >= 4 is 6.09 Å². The molecule has 0 spiro atoms. The van der Waals surface area contributed by atoms with Gasteiger partial charge in [-0.15, -0.1) is 0 Å². The van der Waals surface area contributed by atoms with E-state index in [1.165, 1.54) is 0 Å². The lowest BCUT2D eigenvalue weighted by Gasteiger charge is -2.31. The molecule has 0 aliphatic carbocycles. The van der Waals surface area contributed by atoms with Crippen LogP contribution < -0.4 is 5.32 Å². The van der Waals surface area contributed by atoms with Gasteiger partial charge in [0.25, 0.3) is 0 Å². The van der Waals surface area contributed by atoms with E-state index in [0.717, 1.165) is 54.1 Å². The Morgan fingerprint density at radius 1 is 1.32 bits per heavy atom. The third kappa shape index (κ3) is 4.11. The Hall–Kier alpha value is -2.54. The van der Waals surface area contributed by atoms with Crippen LogP contribution in [0.15, 0.2) is 22.7 Å². The fourth-order valence-electron chi connectivity index (χ4n) is 3.47. The average Bonchev–Trinajstić information content (AvgIpc) is 2.87. The largest absolute Gasteiger partial charge is 0.508 e. The van der Waals surface area contributed by atoms with E-state index in [9.17, 15) is 9.90 Å². The molecule has 0 unspecified atom stereocenters. The van der Waals surface area contributed by atoms with Crippen molar-refractivity contribution in [3.8, 4) is 16.9 Å². The van der Waals surface area contributed by atoms with Crippen molar-refractivity contribution in [1.29, 1.82) is 0 Å². The van der Waals surface area contributed by atoms with Gasteiger partial charge in [0.1, 0.15) is 11.5 Å². The summed E-state index contributed by atoms with van der Waals surface area (Å²) in [5.74, 6) is 0.949. The van der Waals surface area contributed by atoms with E-state index in [2.05, 4.69) is 15.4 Å². The predicted octanol–water partition coefficient (Wildman–Crippen LogP) is 2.90. The Kier molecular flexibility index (Phi) is 4.94. The summed E-state index contributed by atoms with van der Waals surface area (Å²) in [6.07, 6.45) is 0.625. The van der Waals surface area contributed by atoms with Gasteiger partial charge in [-0.05, 0) is 56.0 Å². The monoisotopic (exact) mass is 345 g/mol. The van der Waals surface area contributed by atoms with Gasteiger partial charge in [-0.25, -0.2) is 4.79 Å². The maximum atomic E-state index is 10.7. The second kappa shape index (κ2) is 7.14. The predicted molar refractivity (Wildman–Crippen MR) is 92.5 cm³/mol. The number of aryl methyl sites for hydroxylation is 2. The van der Waals surface area contributed by atoms with Crippen molar-refractivity contribution < 1.29 is 19.5 Å². The number of hydrogen-bond donors (Lipinski definition) is 3. The molecule has 0 saturated carbocycles. The van der Waals surface area contributed by atoms with E-state index in [4.69, 9.17) is 9.63 Å². The normalized spacial score (nSPS) is 16.1. The number of nitrogens with one attached hydrogen (secondary N) is 1. The maximum Gasteiger partial charge on any atom is 0.404 e. The van der Waals surface area contributed by atoms with Gasteiger partial charge in [-0.1, -0.05) is 5.16 Å². The third-order valence-corrected chi connectivity index (χ3v) is 4.62. The van der Waals surface area contributed by atoms with Crippen LogP contribution in [0.2, 0.25) is 0 Å². The standard InChI is InChI=1S/C18H23N3O4/c1-11-17(12(2)25-20-11)14-7-13(8-16(22)9-14)10-21-5-3-15(4-6-21)19-18(23)24/h7-9,15,19,22H,3-6,10H2,1-2H3,(H,23,24). The van der Waals surface area contributed by atoms with Gasteiger partial charge in [-0.3, -0.25) is 4.90 Å². The molecule has 1 amide bonds. The van der Waals surface area contributed by atoms with Gasteiger partial charge in [0.15, 0.2) is 0 Å². The molecular formula is C18H23N3O4. The molecule has 1 fully saturated rings. The number of likely N-dealkylation sites (tertiary alicyclic amines) is 1. The Balaban J connectivity index is 1.71. The first-order chi connectivity index (χ1) is 11.9. The van der Waals surface area contributed by atoms with Crippen molar-refractivity contribution in [3.63, 3.8) is 0 Å². The molecule has 1 aromatic carbocycles. The first-order valence-corrected chi connectivity index (χ1v) is 8.40. The minimum absolute atomic E-state index is 0.0239. The van der Waals surface area contributed by atoms with Gasteiger partial charge in [0.2, 0.25) is 0 Å². The van der Waals surface area contributed by atoms with E-state index in [0.29, 0.717) is 6.54 Å². The van der Waals surface area contributed by atoms with Crippen LogP contribution in [0, 0.1) is 13.8 Å². The highest BCUT2D eigenvalue weighted by Gasteiger charge is 2.21. The Morgan fingerprint density at radius 2 is 2.04 bits per heavy atom. The van der Waals surface area contributed by atoms with Gasteiger partial charge in [0.05, 0.1) is 5.69 Å². The molecule has 7 heteroatoms. The van der Waals surface area contributed by atoms with Gasteiger partial charge in [-0.2, -0.15) is 0 Å². The topological polar surface area (TPSA) is 98.8 Å². The quantitative estimate of drug-likeness (QED) is 0.788. The van der Waals surface area contributed by atoms with Gasteiger partial charge in [0, 0.05) is 31.2 Å². The summed E-state index contributed by atoms with van der Waals surface area (Å²) in [6.45, 7) is 6.10. The number of carboxylic acid groups (broad SMARTS) is 1. The zero-order chi connectivity index (χ0) is 18.0. The lowest BCUT2D eigenvalue weighted by Crippen LogP contribution is -2.43. The van der Waals surface area contributed by atoms with Crippen molar-refractivity contribution in [2.24, 2.45) is 0 Å². The summed E-state index contributed by atoms with van der Waals surface area (Å²) in [4.78, 5) is 13.0. The van der Waals surface area contributed by atoms with E-state index in [1.54, 1.807) is 12.1 Å². The molecule has 1 aliphatic heterocycles. The number of benzene rings is 1. The Bertz CT molecular complexity index is 744. The number of hydrogen-bond acceptors (Lipinski definition) is 5. The smallest absolute Gasteiger partial charge is 0.404 e. The molecule has 0 radical (unpaired) electrons. The maximum absolute atomic E-state index is 10.7.